The standard InChI is InChI=1S/C5H9ClO/c1-3-5(6)7-4-2/h3,5H,1,4H2,2H3. The minimum Gasteiger partial charge on any atom is -0.359 e. The molecule has 0 aliphatic heterocycles. The molecule has 0 spiro atoms. The molecule has 0 N–H and O–H groups in total. The number of alkyl halides is 1. The predicted molar refractivity (Wildman–Crippen MR) is 31.5 cm³/mol. The van der Waals surface area contributed by atoms with E-state index in [0.29, 0.717) is 6.61 Å². The van der Waals surface area contributed by atoms with Crippen LogP contribution >= 0.6 is 11.6 Å². The van der Waals surface area contributed by atoms with Crippen LogP contribution in [0.3, 0.4) is 0 Å². The van der Waals surface area contributed by atoms with Crippen LogP contribution in [0.5, 0.6) is 0 Å². The zero-order valence-corrected chi connectivity index (χ0v) is 5.11. The molecule has 42 valence electrons. The summed E-state index contributed by atoms with van der Waals surface area (Å²) in [7, 11) is 0. The molecule has 0 bridgehead atoms. The van der Waals surface area contributed by atoms with Gasteiger partial charge in [-0.05, 0) is 13.0 Å². The van der Waals surface area contributed by atoms with Gasteiger partial charge < -0.3 is 4.74 Å². The second-order valence-corrected chi connectivity index (χ2v) is 1.47. The Morgan fingerprint density at radius 3 is 2.71 bits per heavy atom. The molecule has 0 saturated carbocycles. The molecular formula is C5H9ClO. The van der Waals surface area contributed by atoms with Gasteiger partial charge >= 0.3 is 0 Å². The van der Waals surface area contributed by atoms with E-state index < -0.39 is 0 Å². The lowest BCUT2D eigenvalue weighted by Gasteiger charge is -1.99. The summed E-state index contributed by atoms with van der Waals surface area (Å²) >= 11 is 5.43. The Balaban J connectivity index is 2.98. The summed E-state index contributed by atoms with van der Waals surface area (Å²) in [4.78, 5) is 0. The highest BCUT2D eigenvalue weighted by Gasteiger charge is 1.90. The fraction of sp³-hybridized carbons (Fsp3) is 0.600. The highest BCUT2D eigenvalue weighted by Crippen LogP contribution is 1.96. The van der Waals surface area contributed by atoms with Crippen molar-refractivity contribution >= 4 is 11.6 Å². The average Bonchev–Trinajstić information content (AvgIpc) is 1.68. The Hall–Kier alpha value is -0.0100. The zero-order valence-electron chi connectivity index (χ0n) is 4.36. The van der Waals surface area contributed by atoms with Gasteiger partial charge in [0, 0.05) is 6.61 Å². The van der Waals surface area contributed by atoms with E-state index in [1.807, 2.05) is 6.92 Å². The van der Waals surface area contributed by atoms with Gasteiger partial charge in [0.1, 0.15) is 5.56 Å². The van der Waals surface area contributed by atoms with Crippen LogP contribution in [-0.4, -0.2) is 12.2 Å². The highest BCUT2D eigenvalue weighted by molar-refractivity contribution is 6.20. The lowest BCUT2D eigenvalue weighted by molar-refractivity contribution is 0.150. The van der Waals surface area contributed by atoms with Crippen LogP contribution in [0, 0.1) is 0 Å². The summed E-state index contributed by atoms with van der Waals surface area (Å²) in [6.45, 7) is 5.95. The summed E-state index contributed by atoms with van der Waals surface area (Å²) < 4.78 is 4.84. The number of hydrogen-bond donors (Lipinski definition) is 0. The molecule has 1 atom stereocenters. The Bertz CT molecular complexity index is 54.0. The first kappa shape index (κ1) is 6.99. The van der Waals surface area contributed by atoms with Gasteiger partial charge in [0.2, 0.25) is 0 Å². The molecule has 0 aromatic heterocycles. The summed E-state index contributed by atoms with van der Waals surface area (Å²) in [5.41, 5.74) is -0.315. The van der Waals surface area contributed by atoms with E-state index in [0.717, 1.165) is 0 Å². The molecule has 0 amide bonds. The molecule has 0 rings (SSSR count). The molecule has 1 unspecified atom stereocenters. The van der Waals surface area contributed by atoms with Crippen molar-refractivity contribution in [3.8, 4) is 0 Å². The molecule has 0 radical (unpaired) electrons. The molecular weight excluding hydrogens is 112 g/mol. The fourth-order valence-electron chi connectivity index (χ4n) is 0.227. The molecule has 0 aliphatic rings. The van der Waals surface area contributed by atoms with Crippen molar-refractivity contribution in [2.45, 2.75) is 12.5 Å². The molecule has 0 heterocycles. The van der Waals surface area contributed by atoms with E-state index in [-0.39, 0.29) is 5.56 Å². The normalized spacial score (nSPS) is 13.4. The van der Waals surface area contributed by atoms with Gasteiger partial charge in [-0.25, -0.2) is 0 Å². The third-order valence-corrected chi connectivity index (χ3v) is 0.815. The van der Waals surface area contributed by atoms with Crippen LogP contribution in [0.25, 0.3) is 0 Å². The molecule has 0 fully saturated rings. The Morgan fingerprint density at radius 2 is 2.57 bits per heavy atom. The summed E-state index contributed by atoms with van der Waals surface area (Å²) in [6.07, 6.45) is 1.55. The van der Waals surface area contributed by atoms with Crippen LogP contribution < -0.4 is 0 Å². The predicted octanol–water partition coefficient (Wildman–Crippen LogP) is 1.77. The van der Waals surface area contributed by atoms with Crippen molar-refractivity contribution < 1.29 is 4.74 Å². The molecule has 1 nitrogen and oxygen atoms in total. The van der Waals surface area contributed by atoms with E-state index in [1.165, 1.54) is 0 Å². The van der Waals surface area contributed by atoms with Gasteiger partial charge in [0.05, 0.1) is 0 Å². The topological polar surface area (TPSA) is 9.23 Å². The minimum absolute atomic E-state index is 0.315. The van der Waals surface area contributed by atoms with Crippen LogP contribution in [0.15, 0.2) is 12.7 Å². The molecule has 7 heavy (non-hydrogen) atoms. The summed E-state index contributed by atoms with van der Waals surface area (Å²) in [5.74, 6) is 0. The van der Waals surface area contributed by atoms with E-state index in [1.54, 1.807) is 6.08 Å². The Morgan fingerprint density at radius 1 is 2.00 bits per heavy atom. The number of rotatable bonds is 3. The van der Waals surface area contributed by atoms with Crippen molar-refractivity contribution in [3.63, 3.8) is 0 Å². The van der Waals surface area contributed by atoms with Gasteiger partial charge in [-0.3, -0.25) is 0 Å². The largest absolute Gasteiger partial charge is 0.359 e. The SMILES string of the molecule is C=CC(Cl)OCC. The molecule has 0 aromatic carbocycles. The van der Waals surface area contributed by atoms with Crippen LogP contribution in [0.2, 0.25) is 0 Å². The van der Waals surface area contributed by atoms with Gasteiger partial charge in [-0.15, -0.1) is 0 Å². The summed E-state index contributed by atoms with van der Waals surface area (Å²) in [5, 5.41) is 0. The third-order valence-electron chi connectivity index (χ3n) is 0.511. The van der Waals surface area contributed by atoms with Gasteiger partial charge in [-0.1, -0.05) is 18.2 Å². The fourth-order valence-corrected chi connectivity index (χ4v) is 0.353. The maximum Gasteiger partial charge on any atom is 0.149 e. The maximum atomic E-state index is 5.43. The lowest BCUT2D eigenvalue weighted by atomic mass is 10.7. The number of ether oxygens (including phenoxy) is 1. The Labute approximate surface area is 48.9 Å². The first-order valence-electron chi connectivity index (χ1n) is 2.19. The first-order valence-corrected chi connectivity index (χ1v) is 2.63. The van der Waals surface area contributed by atoms with Crippen LogP contribution in [0.4, 0.5) is 0 Å². The van der Waals surface area contributed by atoms with Crippen molar-refractivity contribution in [3.05, 3.63) is 12.7 Å². The second-order valence-electron chi connectivity index (χ2n) is 1.04. The highest BCUT2D eigenvalue weighted by atomic mass is 35.5. The van der Waals surface area contributed by atoms with Gasteiger partial charge in [0.25, 0.3) is 0 Å². The molecule has 0 saturated heterocycles. The first-order chi connectivity index (χ1) is 3.31. The smallest absolute Gasteiger partial charge is 0.149 e. The van der Waals surface area contributed by atoms with Crippen molar-refractivity contribution in [2.75, 3.05) is 6.61 Å². The van der Waals surface area contributed by atoms with Gasteiger partial charge in [0.15, 0.2) is 0 Å². The second kappa shape index (κ2) is 4.16. The number of hydrogen-bond acceptors (Lipinski definition) is 1. The lowest BCUT2D eigenvalue weighted by Crippen LogP contribution is -1.98. The monoisotopic (exact) mass is 120 g/mol. The van der Waals surface area contributed by atoms with Crippen molar-refractivity contribution in [2.24, 2.45) is 0 Å². The van der Waals surface area contributed by atoms with E-state index >= 15 is 0 Å². The van der Waals surface area contributed by atoms with Crippen molar-refractivity contribution in [1.29, 1.82) is 0 Å². The van der Waals surface area contributed by atoms with Crippen LogP contribution in [-0.2, 0) is 4.74 Å². The molecule has 2 heteroatoms. The minimum atomic E-state index is -0.315. The Kier molecular flexibility index (Phi) is 4.15. The van der Waals surface area contributed by atoms with Crippen LogP contribution in [0.1, 0.15) is 6.92 Å². The van der Waals surface area contributed by atoms with E-state index in [4.69, 9.17) is 16.3 Å². The molecule has 0 aliphatic carbocycles. The number of halogens is 1. The van der Waals surface area contributed by atoms with Crippen molar-refractivity contribution in [1.82, 2.24) is 0 Å². The molecule has 0 aromatic rings. The van der Waals surface area contributed by atoms with Gasteiger partial charge in [-0.2, -0.15) is 0 Å². The zero-order chi connectivity index (χ0) is 5.70. The summed E-state index contributed by atoms with van der Waals surface area (Å²) in [6, 6.07) is 0. The third kappa shape index (κ3) is 3.83. The van der Waals surface area contributed by atoms with E-state index in [9.17, 15) is 0 Å². The maximum absolute atomic E-state index is 5.43. The van der Waals surface area contributed by atoms with E-state index in [2.05, 4.69) is 6.58 Å². The quantitative estimate of drug-likeness (QED) is 0.408. The average molecular weight is 121 g/mol.